The van der Waals surface area contributed by atoms with Crippen LogP contribution < -0.4 is 10.6 Å². The third-order valence-corrected chi connectivity index (χ3v) is 4.10. The summed E-state index contributed by atoms with van der Waals surface area (Å²) in [5, 5.41) is 5.85. The van der Waals surface area contributed by atoms with Gasteiger partial charge < -0.3 is 15.5 Å². The summed E-state index contributed by atoms with van der Waals surface area (Å²) in [6.07, 6.45) is 3.57. The molecule has 2 aliphatic rings. The Morgan fingerprint density at radius 2 is 1.68 bits per heavy atom. The number of likely N-dealkylation sites (tertiary alicyclic amines) is 1. The molecule has 1 aliphatic heterocycles. The first kappa shape index (κ1) is 14.8. The molecule has 22 heavy (non-hydrogen) atoms. The zero-order chi connectivity index (χ0) is 15.5. The zero-order valence-corrected chi connectivity index (χ0v) is 12.3. The Balaban J connectivity index is 1.48. The van der Waals surface area contributed by atoms with Crippen molar-refractivity contribution in [2.75, 3.05) is 13.1 Å². The Morgan fingerprint density at radius 3 is 2.27 bits per heavy atom. The Labute approximate surface area is 128 Å². The highest BCUT2D eigenvalue weighted by Crippen LogP contribution is 2.19. The molecule has 2 N–H and O–H groups in total. The third kappa shape index (κ3) is 3.75. The first-order valence-corrected chi connectivity index (χ1v) is 7.74. The summed E-state index contributed by atoms with van der Waals surface area (Å²) in [5.74, 6) is -0.556. The summed E-state index contributed by atoms with van der Waals surface area (Å²) in [6.45, 7) is 1.15. The van der Waals surface area contributed by atoms with Crippen LogP contribution in [0.4, 0.5) is 9.18 Å². The van der Waals surface area contributed by atoms with Gasteiger partial charge in [-0.15, -0.1) is 0 Å². The second kappa shape index (κ2) is 6.34. The molecule has 3 rings (SSSR count). The van der Waals surface area contributed by atoms with E-state index in [1.165, 1.54) is 12.1 Å². The minimum atomic E-state index is -0.404. The number of piperidine rings is 1. The number of hydrogen-bond acceptors (Lipinski definition) is 2. The van der Waals surface area contributed by atoms with Crippen LogP contribution in [0.5, 0.6) is 0 Å². The number of carbonyl (C=O) groups excluding carboxylic acids is 2. The van der Waals surface area contributed by atoms with Crippen molar-refractivity contribution in [3.63, 3.8) is 0 Å². The van der Waals surface area contributed by atoms with E-state index in [4.69, 9.17) is 0 Å². The highest BCUT2D eigenvalue weighted by Gasteiger charge is 2.27. The summed E-state index contributed by atoms with van der Waals surface area (Å²) < 4.78 is 13.2. The SMILES string of the molecule is O=C(NC1CC1)NC1CCN(C(=O)c2cccc(F)c2)CC1. The normalized spacial score (nSPS) is 18.9. The smallest absolute Gasteiger partial charge is 0.315 e. The van der Waals surface area contributed by atoms with Crippen LogP contribution in [0.25, 0.3) is 0 Å². The van der Waals surface area contributed by atoms with Gasteiger partial charge in [0, 0.05) is 30.7 Å². The number of carbonyl (C=O) groups is 2. The zero-order valence-electron chi connectivity index (χ0n) is 12.3. The molecule has 0 spiro atoms. The maximum atomic E-state index is 13.2. The van der Waals surface area contributed by atoms with Gasteiger partial charge in [-0.05, 0) is 43.9 Å². The van der Waals surface area contributed by atoms with Gasteiger partial charge in [0.15, 0.2) is 0 Å². The first-order chi connectivity index (χ1) is 10.6. The molecule has 1 aliphatic carbocycles. The van der Waals surface area contributed by atoms with Crippen molar-refractivity contribution in [2.45, 2.75) is 37.8 Å². The van der Waals surface area contributed by atoms with Crippen LogP contribution in [-0.2, 0) is 0 Å². The van der Waals surface area contributed by atoms with E-state index >= 15 is 0 Å². The van der Waals surface area contributed by atoms with E-state index in [9.17, 15) is 14.0 Å². The largest absolute Gasteiger partial charge is 0.338 e. The number of urea groups is 1. The lowest BCUT2D eigenvalue weighted by molar-refractivity contribution is 0.0708. The fourth-order valence-corrected chi connectivity index (χ4v) is 2.67. The molecule has 0 bridgehead atoms. The van der Waals surface area contributed by atoms with Gasteiger partial charge in [0.1, 0.15) is 5.82 Å². The molecule has 5 nitrogen and oxygen atoms in total. The van der Waals surface area contributed by atoms with E-state index < -0.39 is 5.82 Å². The molecular weight excluding hydrogens is 285 g/mol. The number of rotatable bonds is 3. The summed E-state index contributed by atoms with van der Waals surface area (Å²) in [7, 11) is 0. The van der Waals surface area contributed by atoms with Crippen LogP contribution in [0.1, 0.15) is 36.0 Å². The molecule has 118 valence electrons. The minimum absolute atomic E-state index is 0.0929. The molecule has 2 fully saturated rings. The number of hydrogen-bond donors (Lipinski definition) is 2. The van der Waals surface area contributed by atoms with Crippen LogP contribution >= 0.6 is 0 Å². The van der Waals surface area contributed by atoms with Crippen LogP contribution in [0.15, 0.2) is 24.3 Å². The molecule has 1 saturated heterocycles. The van der Waals surface area contributed by atoms with Crippen molar-refractivity contribution in [1.82, 2.24) is 15.5 Å². The summed E-state index contributed by atoms with van der Waals surface area (Å²) in [5.41, 5.74) is 0.373. The maximum Gasteiger partial charge on any atom is 0.315 e. The van der Waals surface area contributed by atoms with Gasteiger partial charge in [0.05, 0.1) is 0 Å². The predicted molar refractivity (Wildman–Crippen MR) is 80.0 cm³/mol. The summed E-state index contributed by atoms with van der Waals surface area (Å²) in [4.78, 5) is 25.7. The van der Waals surface area contributed by atoms with Gasteiger partial charge in [-0.3, -0.25) is 4.79 Å². The first-order valence-electron chi connectivity index (χ1n) is 7.74. The Hall–Kier alpha value is -2.11. The van der Waals surface area contributed by atoms with Crippen LogP contribution in [0.3, 0.4) is 0 Å². The van der Waals surface area contributed by atoms with Gasteiger partial charge in [0.25, 0.3) is 5.91 Å². The van der Waals surface area contributed by atoms with E-state index in [2.05, 4.69) is 10.6 Å². The molecule has 1 aromatic carbocycles. The van der Waals surface area contributed by atoms with Gasteiger partial charge in [-0.1, -0.05) is 6.07 Å². The lowest BCUT2D eigenvalue weighted by Crippen LogP contribution is -2.49. The van der Waals surface area contributed by atoms with E-state index in [0.29, 0.717) is 24.7 Å². The highest BCUT2D eigenvalue weighted by molar-refractivity contribution is 5.94. The Morgan fingerprint density at radius 1 is 1.05 bits per heavy atom. The molecule has 3 amide bonds. The van der Waals surface area contributed by atoms with E-state index in [1.807, 2.05) is 0 Å². The van der Waals surface area contributed by atoms with E-state index in [-0.39, 0.29) is 18.0 Å². The standard InChI is InChI=1S/C16H20FN3O2/c17-12-3-1-2-11(10-12)15(21)20-8-6-14(7-9-20)19-16(22)18-13-4-5-13/h1-3,10,13-14H,4-9H2,(H2,18,19,22). The molecule has 1 heterocycles. The molecule has 6 heteroatoms. The molecule has 1 saturated carbocycles. The molecule has 1 aromatic rings. The molecule has 0 atom stereocenters. The van der Waals surface area contributed by atoms with Crippen molar-refractivity contribution in [3.8, 4) is 0 Å². The van der Waals surface area contributed by atoms with E-state index in [1.54, 1.807) is 17.0 Å². The van der Waals surface area contributed by atoms with E-state index in [0.717, 1.165) is 25.7 Å². The fourth-order valence-electron chi connectivity index (χ4n) is 2.67. The number of amides is 3. The second-order valence-electron chi connectivity index (χ2n) is 5.97. The number of nitrogens with zero attached hydrogens (tertiary/aromatic N) is 1. The van der Waals surface area contributed by atoms with Crippen LogP contribution in [-0.4, -0.2) is 42.0 Å². The highest BCUT2D eigenvalue weighted by atomic mass is 19.1. The van der Waals surface area contributed by atoms with Crippen LogP contribution in [0, 0.1) is 5.82 Å². The Bertz CT molecular complexity index is 566. The van der Waals surface area contributed by atoms with Gasteiger partial charge in [-0.25, -0.2) is 9.18 Å². The number of halogens is 1. The quantitative estimate of drug-likeness (QED) is 0.896. The summed E-state index contributed by atoms with van der Waals surface area (Å²) in [6, 6.07) is 6.07. The average molecular weight is 305 g/mol. The minimum Gasteiger partial charge on any atom is -0.338 e. The predicted octanol–water partition coefficient (Wildman–Crippen LogP) is 1.89. The van der Waals surface area contributed by atoms with Crippen molar-refractivity contribution >= 4 is 11.9 Å². The van der Waals surface area contributed by atoms with Gasteiger partial charge >= 0.3 is 6.03 Å². The van der Waals surface area contributed by atoms with Crippen molar-refractivity contribution < 1.29 is 14.0 Å². The number of benzene rings is 1. The van der Waals surface area contributed by atoms with Crippen molar-refractivity contribution in [1.29, 1.82) is 0 Å². The lowest BCUT2D eigenvalue weighted by Gasteiger charge is -2.32. The second-order valence-corrected chi connectivity index (χ2v) is 5.97. The summed E-state index contributed by atoms with van der Waals surface area (Å²) >= 11 is 0. The molecule has 0 unspecified atom stereocenters. The topological polar surface area (TPSA) is 61.4 Å². The fraction of sp³-hybridized carbons (Fsp3) is 0.500. The lowest BCUT2D eigenvalue weighted by atomic mass is 10.0. The maximum absolute atomic E-state index is 13.2. The van der Waals surface area contributed by atoms with Gasteiger partial charge in [-0.2, -0.15) is 0 Å². The average Bonchev–Trinajstić information content (AvgIpc) is 3.31. The number of nitrogens with one attached hydrogen (secondary N) is 2. The third-order valence-electron chi connectivity index (χ3n) is 4.10. The van der Waals surface area contributed by atoms with Gasteiger partial charge in [0.2, 0.25) is 0 Å². The van der Waals surface area contributed by atoms with Crippen molar-refractivity contribution in [2.24, 2.45) is 0 Å². The molecule has 0 aromatic heterocycles. The van der Waals surface area contributed by atoms with Crippen LogP contribution in [0.2, 0.25) is 0 Å². The monoisotopic (exact) mass is 305 g/mol. The molecular formula is C16H20FN3O2. The molecule has 0 radical (unpaired) electrons. The Kier molecular flexibility index (Phi) is 4.27. The van der Waals surface area contributed by atoms with Crippen molar-refractivity contribution in [3.05, 3.63) is 35.6 Å².